The molecule has 0 saturated carbocycles. The Hall–Kier alpha value is -2.00. The van der Waals surface area contributed by atoms with E-state index in [2.05, 4.69) is 15.1 Å². The summed E-state index contributed by atoms with van der Waals surface area (Å²) in [6.07, 6.45) is -0.434. The molecule has 3 heterocycles. The Bertz CT molecular complexity index is 1190. The fourth-order valence-corrected chi connectivity index (χ4v) is 6.22. The monoisotopic (exact) mass is 560 g/mol. The lowest BCUT2D eigenvalue weighted by Gasteiger charge is -2.32. The molecule has 206 valence electrons. The summed E-state index contributed by atoms with van der Waals surface area (Å²) in [5, 5.41) is 24.9. The van der Waals surface area contributed by atoms with Gasteiger partial charge in [-0.3, -0.25) is 19.3 Å². The topological polar surface area (TPSA) is 166 Å². The second-order valence-corrected chi connectivity index (χ2v) is 12.1. The number of nitrogens with zero attached hydrogens (tertiary/aromatic N) is 2. The van der Waals surface area contributed by atoms with Gasteiger partial charge >= 0.3 is 12.3 Å². The van der Waals surface area contributed by atoms with E-state index in [1.54, 1.807) is 25.3 Å². The van der Waals surface area contributed by atoms with Crippen molar-refractivity contribution in [2.75, 3.05) is 13.7 Å². The van der Waals surface area contributed by atoms with Crippen molar-refractivity contribution in [1.29, 1.82) is 0 Å². The van der Waals surface area contributed by atoms with Crippen LogP contribution >= 0.6 is 6.64 Å². The molecule has 0 radical (unpaired) electrons. The summed E-state index contributed by atoms with van der Waals surface area (Å²) in [6.45, 7) is 3.20. The van der Waals surface area contributed by atoms with E-state index in [9.17, 15) is 19.8 Å². The minimum absolute atomic E-state index is 0.121. The number of aromatic nitrogens is 3. The molecule has 3 rings (SSSR count). The molecule has 2 aromatic heterocycles. The van der Waals surface area contributed by atoms with Gasteiger partial charge in [0.25, 0.3) is 5.56 Å². The van der Waals surface area contributed by atoms with Crippen molar-refractivity contribution in [3.63, 3.8) is 0 Å². The van der Waals surface area contributed by atoms with Gasteiger partial charge in [-0.1, -0.05) is 0 Å². The molecule has 3 unspecified atom stereocenters. The van der Waals surface area contributed by atoms with Crippen molar-refractivity contribution in [2.24, 2.45) is 0 Å². The molecule has 0 amide bonds. The van der Waals surface area contributed by atoms with Crippen molar-refractivity contribution >= 4 is 18.4 Å². The Morgan fingerprint density at radius 1 is 1.35 bits per heavy atom. The highest BCUT2D eigenvalue weighted by Gasteiger charge is 2.53. The molecule has 37 heavy (non-hydrogen) atoms. The maximum absolute atomic E-state index is 12.3. The van der Waals surface area contributed by atoms with Crippen LogP contribution < -0.4 is 20.9 Å². The van der Waals surface area contributed by atoms with Gasteiger partial charge in [-0.05, 0) is 51.6 Å². The second-order valence-electron chi connectivity index (χ2n) is 8.99. The van der Waals surface area contributed by atoms with E-state index in [-0.39, 0.29) is 12.7 Å². The van der Waals surface area contributed by atoms with Gasteiger partial charge in [0.05, 0.1) is 24.9 Å². The van der Waals surface area contributed by atoms with E-state index in [0.29, 0.717) is 5.75 Å². The van der Waals surface area contributed by atoms with Gasteiger partial charge in [0.2, 0.25) is 0 Å². The third-order valence-electron chi connectivity index (χ3n) is 5.54. The minimum atomic E-state index is -3.34. The first-order valence-electron chi connectivity index (χ1n) is 11.5. The average molecular weight is 561 g/mol. The van der Waals surface area contributed by atoms with Crippen LogP contribution in [0.2, 0.25) is 0 Å². The van der Waals surface area contributed by atoms with E-state index >= 15 is 0 Å². The third kappa shape index (κ3) is 7.31. The van der Waals surface area contributed by atoms with E-state index in [1.807, 2.05) is 13.8 Å². The highest BCUT2D eigenvalue weighted by molar-refractivity contribution is 8.09. The molecule has 0 spiro atoms. The molecule has 0 aliphatic carbocycles. The summed E-state index contributed by atoms with van der Waals surface area (Å²) in [6, 6.07) is 3.97. The van der Waals surface area contributed by atoms with Crippen molar-refractivity contribution in [2.45, 2.75) is 70.2 Å². The van der Waals surface area contributed by atoms with E-state index in [0.717, 1.165) is 10.6 Å². The second kappa shape index (κ2) is 12.2. The molecule has 0 bridgehead atoms. The van der Waals surface area contributed by atoms with Crippen molar-refractivity contribution < 1.29 is 33.5 Å². The smallest absolute Gasteiger partial charge is 0.330 e. The number of rotatable bonds is 12. The Morgan fingerprint density at radius 3 is 2.68 bits per heavy atom. The normalized spacial score (nSPS) is 27.1. The standard InChI is InChI=1S/C22H33N4O9PS/c1-13(2)33-19(31-5)14(3)25-36(37,35-15-7-6-9-23-11-15)32-12-16-18(28)22(4,30)20(34-16)26-10-8-17(27)24-21(26)29/h6-11,13-14,16,18-20,28,30H,12H2,1-5H3,(H,25,37)(H,24,27,29)/t14?,16-,18-,19?,20-,22-,36?/m1/s1. The average Bonchev–Trinajstić information content (AvgIpc) is 3.05. The lowest BCUT2D eigenvalue weighted by atomic mass is 9.96. The highest BCUT2D eigenvalue weighted by Crippen LogP contribution is 2.47. The number of aromatic amines is 1. The maximum atomic E-state index is 12.3. The molecular weight excluding hydrogens is 527 g/mol. The summed E-state index contributed by atoms with van der Waals surface area (Å²) in [5.41, 5.74) is -3.30. The molecule has 1 saturated heterocycles. The van der Waals surface area contributed by atoms with Crippen LogP contribution in [0, 0.1) is 0 Å². The van der Waals surface area contributed by atoms with Crippen molar-refractivity contribution in [3.05, 3.63) is 57.6 Å². The summed E-state index contributed by atoms with van der Waals surface area (Å²) >= 11 is 5.75. The predicted octanol–water partition coefficient (Wildman–Crippen LogP) is 0.637. The van der Waals surface area contributed by atoms with Crippen LogP contribution in [0.5, 0.6) is 5.75 Å². The zero-order chi connectivity index (χ0) is 27.4. The maximum Gasteiger partial charge on any atom is 0.330 e. The Kier molecular flexibility index (Phi) is 9.78. The number of aliphatic hydroxyl groups excluding tert-OH is 1. The van der Waals surface area contributed by atoms with Crippen LogP contribution in [0.4, 0.5) is 0 Å². The first kappa shape index (κ1) is 29.6. The van der Waals surface area contributed by atoms with Gasteiger partial charge in [0, 0.05) is 25.6 Å². The van der Waals surface area contributed by atoms with Crippen LogP contribution in [0.25, 0.3) is 0 Å². The first-order chi connectivity index (χ1) is 17.4. The summed E-state index contributed by atoms with van der Waals surface area (Å²) in [7, 11) is 1.50. The van der Waals surface area contributed by atoms with Crippen LogP contribution in [-0.4, -0.2) is 74.7 Å². The van der Waals surface area contributed by atoms with Gasteiger partial charge in [-0.2, -0.15) is 0 Å². The molecule has 7 atom stereocenters. The van der Waals surface area contributed by atoms with E-state index in [4.69, 9.17) is 35.1 Å². The minimum Gasteiger partial charge on any atom is -0.431 e. The van der Waals surface area contributed by atoms with Crippen LogP contribution in [0.1, 0.15) is 33.9 Å². The number of pyridine rings is 1. The predicted molar refractivity (Wildman–Crippen MR) is 137 cm³/mol. The molecule has 13 nitrogen and oxygen atoms in total. The van der Waals surface area contributed by atoms with Crippen molar-refractivity contribution in [3.8, 4) is 5.75 Å². The van der Waals surface area contributed by atoms with Crippen molar-refractivity contribution in [1.82, 2.24) is 19.6 Å². The lowest BCUT2D eigenvalue weighted by Crippen LogP contribution is -2.47. The van der Waals surface area contributed by atoms with Gasteiger partial charge < -0.3 is 33.5 Å². The number of hydrogen-bond acceptors (Lipinski definition) is 11. The van der Waals surface area contributed by atoms with Crippen LogP contribution in [0.3, 0.4) is 0 Å². The van der Waals surface area contributed by atoms with Crippen LogP contribution in [0.15, 0.2) is 46.4 Å². The number of methoxy groups -OCH3 is 1. The van der Waals surface area contributed by atoms with Gasteiger partial charge in [-0.25, -0.2) is 9.88 Å². The number of ether oxygens (including phenoxy) is 3. The molecule has 1 aliphatic rings. The Labute approximate surface area is 218 Å². The molecule has 0 aromatic carbocycles. The van der Waals surface area contributed by atoms with E-state index < -0.39 is 54.3 Å². The van der Waals surface area contributed by atoms with Gasteiger partial charge in [0.15, 0.2) is 12.5 Å². The molecule has 2 aromatic rings. The quantitative estimate of drug-likeness (QED) is 0.212. The molecule has 15 heteroatoms. The molecule has 1 aliphatic heterocycles. The highest BCUT2D eigenvalue weighted by atomic mass is 32.5. The Balaban J connectivity index is 1.81. The third-order valence-corrected chi connectivity index (χ3v) is 8.06. The fraction of sp³-hybridized carbons (Fsp3) is 0.591. The molecule has 1 fully saturated rings. The first-order valence-corrected chi connectivity index (χ1v) is 14.2. The zero-order valence-corrected chi connectivity index (χ0v) is 22.8. The van der Waals surface area contributed by atoms with Gasteiger partial charge in [-0.15, -0.1) is 0 Å². The summed E-state index contributed by atoms with van der Waals surface area (Å²) < 4.78 is 30.0. The van der Waals surface area contributed by atoms with Crippen LogP contribution in [-0.2, 0) is 30.5 Å². The Morgan fingerprint density at radius 2 is 2.08 bits per heavy atom. The molecule has 4 N–H and O–H groups in total. The molecular formula is C22H33N4O9PS. The number of nitrogens with one attached hydrogen (secondary N) is 2. The largest absolute Gasteiger partial charge is 0.431 e. The van der Waals surface area contributed by atoms with E-state index in [1.165, 1.54) is 26.4 Å². The number of hydrogen-bond donors (Lipinski definition) is 4. The number of H-pyrrole nitrogens is 1. The summed E-state index contributed by atoms with van der Waals surface area (Å²) in [5.74, 6) is 0.349. The fourth-order valence-electron chi connectivity index (χ4n) is 3.75. The summed E-state index contributed by atoms with van der Waals surface area (Å²) in [4.78, 5) is 29.8. The SMILES string of the molecule is COC(OC(C)C)C(C)NP(=S)(OC[C@H]1O[C@@H](n2ccc(=O)[nH]c2=O)[C@](C)(O)[C@@H]1O)Oc1cccnc1. The zero-order valence-electron chi connectivity index (χ0n) is 21.1. The van der Waals surface area contributed by atoms with Gasteiger partial charge in [0.1, 0.15) is 23.6 Å². The lowest BCUT2D eigenvalue weighted by molar-refractivity contribution is -0.157. The number of aliphatic hydroxyl groups is 2.